The molecule has 2 aromatic rings. The summed E-state index contributed by atoms with van der Waals surface area (Å²) in [5, 5.41) is 9.75. The Kier molecular flexibility index (Phi) is 3.04. The Labute approximate surface area is 132 Å². The van der Waals surface area contributed by atoms with Gasteiger partial charge in [0.2, 0.25) is 6.79 Å². The smallest absolute Gasteiger partial charge is 0.312 e. The third kappa shape index (κ3) is 2.23. The summed E-state index contributed by atoms with van der Waals surface area (Å²) in [7, 11) is 1.49. The standard InChI is InChI=1S/C17H14O6/c1-20-14-4-9(2-3-12(14)18)10-6-17(19)23-13-7-16-15(5-11(10)13)21-8-22-16/h2-5,7,10,18H,6,8H2,1H3/t10-/m1/s1. The summed E-state index contributed by atoms with van der Waals surface area (Å²) in [4.78, 5) is 12.0. The van der Waals surface area contributed by atoms with Gasteiger partial charge in [0, 0.05) is 17.5 Å². The zero-order valence-corrected chi connectivity index (χ0v) is 12.4. The van der Waals surface area contributed by atoms with Crippen molar-refractivity contribution in [1.82, 2.24) is 0 Å². The molecule has 2 aliphatic heterocycles. The van der Waals surface area contributed by atoms with Gasteiger partial charge in [0.05, 0.1) is 13.5 Å². The summed E-state index contributed by atoms with van der Waals surface area (Å²) in [6, 6.07) is 8.58. The van der Waals surface area contributed by atoms with Crippen LogP contribution in [-0.2, 0) is 4.79 Å². The van der Waals surface area contributed by atoms with Gasteiger partial charge in [0.1, 0.15) is 5.75 Å². The van der Waals surface area contributed by atoms with E-state index < -0.39 is 0 Å². The molecule has 2 aromatic carbocycles. The van der Waals surface area contributed by atoms with Crippen molar-refractivity contribution >= 4 is 5.97 Å². The van der Waals surface area contributed by atoms with Crippen LogP contribution in [0.2, 0.25) is 0 Å². The van der Waals surface area contributed by atoms with Crippen LogP contribution in [0.3, 0.4) is 0 Å². The molecule has 0 saturated carbocycles. The quantitative estimate of drug-likeness (QED) is 0.678. The lowest BCUT2D eigenvalue weighted by Crippen LogP contribution is -2.21. The second-order valence-corrected chi connectivity index (χ2v) is 5.41. The van der Waals surface area contributed by atoms with E-state index in [0.717, 1.165) is 11.1 Å². The number of esters is 1. The van der Waals surface area contributed by atoms with Crippen LogP contribution in [0.4, 0.5) is 0 Å². The lowest BCUT2D eigenvalue weighted by molar-refractivity contribution is -0.135. The van der Waals surface area contributed by atoms with Crippen LogP contribution in [0.25, 0.3) is 0 Å². The second-order valence-electron chi connectivity index (χ2n) is 5.41. The van der Waals surface area contributed by atoms with Crippen LogP contribution >= 0.6 is 0 Å². The minimum absolute atomic E-state index is 0.0561. The number of fused-ring (bicyclic) bond motifs is 2. The summed E-state index contributed by atoms with van der Waals surface area (Å²) in [6.07, 6.45) is 0.209. The molecule has 4 rings (SSSR count). The Morgan fingerprint density at radius 3 is 2.70 bits per heavy atom. The maximum absolute atomic E-state index is 12.0. The summed E-state index contributed by atoms with van der Waals surface area (Å²) in [5.41, 5.74) is 1.71. The maximum Gasteiger partial charge on any atom is 0.312 e. The van der Waals surface area contributed by atoms with Crippen molar-refractivity contribution in [3.63, 3.8) is 0 Å². The minimum Gasteiger partial charge on any atom is -0.504 e. The number of phenols is 1. The van der Waals surface area contributed by atoms with Gasteiger partial charge < -0.3 is 24.1 Å². The van der Waals surface area contributed by atoms with Gasteiger partial charge in [-0.2, -0.15) is 0 Å². The SMILES string of the molecule is COc1cc([C@H]2CC(=O)Oc3cc4c(cc32)OCO4)ccc1O. The molecule has 0 unspecified atom stereocenters. The van der Waals surface area contributed by atoms with E-state index in [0.29, 0.717) is 23.0 Å². The fourth-order valence-corrected chi connectivity index (χ4v) is 2.95. The van der Waals surface area contributed by atoms with Crippen molar-refractivity contribution in [2.75, 3.05) is 13.9 Å². The van der Waals surface area contributed by atoms with Crippen LogP contribution in [-0.4, -0.2) is 25.0 Å². The van der Waals surface area contributed by atoms with Crippen molar-refractivity contribution in [1.29, 1.82) is 0 Å². The first kappa shape index (κ1) is 13.8. The van der Waals surface area contributed by atoms with Crippen molar-refractivity contribution in [3.8, 4) is 28.7 Å². The highest BCUT2D eigenvalue weighted by atomic mass is 16.7. The fourth-order valence-electron chi connectivity index (χ4n) is 2.95. The van der Waals surface area contributed by atoms with E-state index in [1.54, 1.807) is 24.3 Å². The number of phenolic OH excluding ortho intramolecular Hbond substituents is 1. The van der Waals surface area contributed by atoms with E-state index in [9.17, 15) is 9.90 Å². The van der Waals surface area contributed by atoms with E-state index in [1.807, 2.05) is 6.07 Å². The van der Waals surface area contributed by atoms with Gasteiger partial charge in [0.25, 0.3) is 0 Å². The fraction of sp³-hybridized carbons (Fsp3) is 0.235. The minimum atomic E-state index is -0.312. The first-order valence-electron chi connectivity index (χ1n) is 7.17. The number of hydrogen-bond acceptors (Lipinski definition) is 6. The van der Waals surface area contributed by atoms with E-state index >= 15 is 0 Å². The molecule has 0 spiro atoms. The first-order valence-corrected chi connectivity index (χ1v) is 7.17. The zero-order valence-electron chi connectivity index (χ0n) is 12.4. The van der Waals surface area contributed by atoms with Gasteiger partial charge in [-0.25, -0.2) is 0 Å². The summed E-state index contributed by atoms with van der Waals surface area (Å²) in [5.74, 6) is 1.59. The molecule has 2 heterocycles. The average molecular weight is 314 g/mol. The Morgan fingerprint density at radius 1 is 1.13 bits per heavy atom. The predicted molar refractivity (Wildman–Crippen MR) is 79.3 cm³/mol. The third-order valence-electron chi connectivity index (χ3n) is 4.08. The Morgan fingerprint density at radius 2 is 1.91 bits per heavy atom. The van der Waals surface area contributed by atoms with E-state index in [2.05, 4.69) is 0 Å². The molecule has 0 bridgehead atoms. The Balaban J connectivity index is 1.83. The van der Waals surface area contributed by atoms with Crippen molar-refractivity contribution in [2.45, 2.75) is 12.3 Å². The number of hydrogen-bond donors (Lipinski definition) is 1. The number of rotatable bonds is 2. The first-order chi connectivity index (χ1) is 11.2. The lowest BCUT2D eigenvalue weighted by Gasteiger charge is -2.25. The van der Waals surface area contributed by atoms with Crippen LogP contribution in [0, 0.1) is 0 Å². The molecule has 0 radical (unpaired) electrons. The molecule has 0 fully saturated rings. The monoisotopic (exact) mass is 314 g/mol. The Hall–Kier alpha value is -2.89. The molecule has 1 atom stereocenters. The van der Waals surface area contributed by atoms with Crippen molar-refractivity contribution in [2.24, 2.45) is 0 Å². The van der Waals surface area contributed by atoms with Gasteiger partial charge in [-0.15, -0.1) is 0 Å². The summed E-state index contributed by atoms with van der Waals surface area (Å²) < 4.78 is 21.2. The van der Waals surface area contributed by atoms with Crippen LogP contribution in [0.5, 0.6) is 28.7 Å². The van der Waals surface area contributed by atoms with Gasteiger partial charge >= 0.3 is 5.97 Å². The molecule has 0 amide bonds. The predicted octanol–water partition coefficient (Wildman–Crippen LogP) is 2.57. The highest BCUT2D eigenvalue weighted by Gasteiger charge is 2.32. The zero-order chi connectivity index (χ0) is 16.0. The van der Waals surface area contributed by atoms with E-state index in [-0.39, 0.29) is 30.9 Å². The third-order valence-corrected chi connectivity index (χ3v) is 4.08. The Bertz CT molecular complexity index is 798. The molecule has 2 aliphatic rings. The molecular weight excluding hydrogens is 300 g/mol. The molecule has 0 saturated heterocycles. The number of carbonyl (C=O) groups is 1. The van der Waals surface area contributed by atoms with Gasteiger partial charge in [0.15, 0.2) is 23.0 Å². The summed E-state index contributed by atoms with van der Waals surface area (Å²) >= 11 is 0. The molecule has 23 heavy (non-hydrogen) atoms. The lowest BCUT2D eigenvalue weighted by atomic mass is 9.86. The maximum atomic E-state index is 12.0. The number of methoxy groups -OCH3 is 1. The van der Waals surface area contributed by atoms with Gasteiger partial charge in [-0.05, 0) is 23.8 Å². The van der Waals surface area contributed by atoms with E-state index in [4.69, 9.17) is 18.9 Å². The summed E-state index contributed by atoms with van der Waals surface area (Å²) in [6.45, 7) is 0.157. The molecule has 0 aromatic heterocycles. The topological polar surface area (TPSA) is 74.2 Å². The normalized spacial score (nSPS) is 18.3. The number of benzene rings is 2. The second kappa shape index (κ2) is 5.08. The van der Waals surface area contributed by atoms with E-state index in [1.165, 1.54) is 7.11 Å². The molecule has 118 valence electrons. The number of aromatic hydroxyl groups is 1. The molecule has 6 heteroatoms. The van der Waals surface area contributed by atoms with Crippen LogP contribution < -0.4 is 18.9 Å². The van der Waals surface area contributed by atoms with Crippen LogP contribution in [0.15, 0.2) is 30.3 Å². The van der Waals surface area contributed by atoms with Crippen molar-refractivity contribution < 1.29 is 28.8 Å². The number of ether oxygens (including phenoxy) is 4. The molecular formula is C17H14O6. The molecule has 1 N–H and O–H groups in total. The van der Waals surface area contributed by atoms with Crippen LogP contribution in [0.1, 0.15) is 23.5 Å². The largest absolute Gasteiger partial charge is 0.504 e. The number of carbonyl (C=O) groups excluding carboxylic acids is 1. The van der Waals surface area contributed by atoms with Gasteiger partial charge in [-0.3, -0.25) is 4.79 Å². The highest BCUT2D eigenvalue weighted by molar-refractivity contribution is 5.78. The molecule has 6 nitrogen and oxygen atoms in total. The highest BCUT2D eigenvalue weighted by Crippen LogP contribution is 2.46. The average Bonchev–Trinajstić information content (AvgIpc) is 3.00. The van der Waals surface area contributed by atoms with Gasteiger partial charge in [-0.1, -0.05) is 6.07 Å². The molecule has 0 aliphatic carbocycles. The van der Waals surface area contributed by atoms with Crippen molar-refractivity contribution in [3.05, 3.63) is 41.5 Å².